The zero-order valence-corrected chi connectivity index (χ0v) is 88.4. The lowest BCUT2D eigenvalue weighted by Crippen LogP contribution is -2.62. The molecule has 9 heterocycles. The first-order chi connectivity index (χ1) is 67.8. The molecule has 3 amide bonds. The molecule has 36 heteroatoms. The van der Waals surface area contributed by atoms with Gasteiger partial charge in [0.25, 0.3) is 0 Å². The minimum absolute atomic E-state index is 0.105. The number of carbonyl (C=O) groups excluding carboxylic acids is 3. The van der Waals surface area contributed by atoms with E-state index in [0.717, 1.165) is 259 Å². The Balaban J connectivity index is 0.000000152. The number of anilines is 3. The van der Waals surface area contributed by atoms with Crippen LogP contribution in [0.5, 0.6) is 0 Å². The number of carbonyl (C=O) groups is 3. The monoisotopic (exact) mass is 2020 g/mol. The number of hydrogen-bond donors (Lipinski definition) is 12. The molecule has 786 valence electrons. The molecule has 24 atom stereocenters. The highest BCUT2D eigenvalue weighted by atomic mass is 32.2. The van der Waals surface area contributed by atoms with Crippen molar-refractivity contribution in [2.24, 2.45) is 87.3 Å². The second-order valence-electron chi connectivity index (χ2n) is 44.7. The van der Waals surface area contributed by atoms with Crippen LogP contribution in [0.2, 0.25) is 0 Å². The van der Waals surface area contributed by atoms with Gasteiger partial charge < -0.3 is 101 Å². The smallest absolute Gasteiger partial charge is 0.240 e. The molecule has 3 aromatic carbocycles. The first-order valence-electron chi connectivity index (χ1n) is 53.0. The summed E-state index contributed by atoms with van der Waals surface area (Å²) in [6.07, 6.45) is 2.38. The van der Waals surface area contributed by atoms with Gasteiger partial charge in [0.05, 0.1) is 97.4 Å². The number of thiocarbonyl (C=S) groups is 2. The molecule has 9 aliphatic heterocycles. The van der Waals surface area contributed by atoms with Gasteiger partial charge in [-0.2, -0.15) is 20.5 Å². The van der Waals surface area contributed by atoms with E-state index in [-0.39, 0.29) is 55.7 Å². The first kappa shape index (κ1) is 109. The Morgan fingerprint density at radius 3 is 1.02 bits per heavy atom. The van der Waals surface area contributed by atoms with Crippen LogP contribution in [0.25, 0.3) is 0 Å². The summed E-state index contributed by atoms with van der Waals surface area (Å²) in [6, 6.07) is 23.4. The Morgan fingerprint density at radius 2 is 0.745 bits per heavy atom. The molecule has 9 saturated carbocycles. The van der Waals surface area contributed by atoms with E-state index >= 15 is 0 Å². The predicted octanol–water partition coefficient (Wildman–Crippen LogP) is 5.64. The molecule has 6 bridgehead atoms. The van der Waals surface area contributed by atoms with E-state index in [9.17, 15) is 45.0 Å². The van der Waals surface area contributed by atoms with Crippen LogP contribution in [0.15, 0.2) is 72.8 Å². The molecule has 9 aliphatic carbocycles. The maximum Gasteiger partial charge on any atom is 0.240 e. The SMILES string of the molecule is C[C@@H]1[C@@H](NC(=O)[C@@H]2[C@H]([C@H](C)O)[C@H](CO)ON2Cc2cccc(N3CCN(C(=S)NCCN4CCOCC4)CC3)c2)C[C@H]2C[C@@H]1C2(C)C.C[C@@H]1[C@@H](NC(=O)[C@@H]2[C@H]([C@H](C)O)[C@H](CO)ON2Cc2cccc(N3CCN(C(=S)NCCN4CCOCC4)CC3)c2)C[C@H]2C[C@@H]1C2(C)C.C[C@@H]1[C@@H](NC(=O)[C@@H]2[C@H]([C@H](C)O)[C@H](CO)ON2Cc2cccc(N3CCNCC3)c2)C[C@H]2C[C@@H]1C2(C)C.N#CSCCN1CCOCC1. The third-order valence-electron chi connectivity index (χ3n) is 35.6. The summed E-state index contributed by atoms with van der Waals surface area (Å²) in [5.41, 5.74) is 7.49. The van der Waals surface area contributed by atoms with Crippen LogP contribution in [0.1, 0.15) is 138 Å². The summed E-state index contributed by atoms with van der Waals surface area (Å²) in [5, 5.41) is 100. The fraction of sp³-hybridized carbons (Fsp3) is 0.771. The molecule has 12 N–H and O–H groups in total. The Kier molecular flexibility index (Phi) is 38.6. The molecular formula is C105H168N18O15S3. The second-order valence-corrected chi connectivity index (χ2v) is 46.3. The number of hydroxylamine groups is 6. The number of rotatable bonds is 30. The van der Waals surface area contributed by atoms with Crippen molar-refractivity contribution >= 4 is 81.2 Å². The average molecular weight is 2020 g/mol. The van der Waals surface area contributed by atoms with Gasteiger partial charge >= 0.3 is 0 Å². The Bertz CT molecular complexity index is 4380. The molecule has 21 rings (SSSR count). The van der Waals surface area contributed by atoms with Crippen LogP contribution < -0.4 is 46.6 Å². The molecule has 9 saturated heterocycles. The number of hydrogen-bond acceptors (Lipinski definition) is 29. The second kappa shape index (κ2) is 49.8. The van der Waals surface area contributed by atoms with E-state index in [1.807, 2.05) is 36.4 Å². The lowest BCUT2D eigenvalue weighted by molar-refractivity contribution is -0.183. The van der Waals surface area contributed by atoms with Crippen LogP contribution in [0.3, 0.4) is 0 Å². The van der Waals surface area contributed by atoms with Gasteiger partial charge in [0, 0.05) is 209 Å². The van der Waals surface area contributed by atoms with Crippen LogP contribution in [0, 0.1) is 97.9 Å². The van der Waals surface area contributed by atoms with Crippen molar-refractivity contribution in [3.63, 3.8) is 0 Å². The number of nitrogens with zero attached hydrogens (tertiary/aromatic N) is 12. The van der Waals surface area contributed by atoms with Gasteiger partial charge in [-0.05, 0) is 218 Å². The lowest BCUT2D eigenvalue weighted by Gasteiger charge is -2.62. The number of morpholine rings is 3. The van der Waals surface area contributed by atoms with Crippen LogP contribution in [-0.4, -0.2) is 387 Å². The third kappa shape index (κ3) is 26.1. The van der Waals surface area contributed by atoms with Gasteiger partial charge in [-0.15, -0.1) is 0 Å². The topological polar surface area (TPSA) is 360 Å². The largest absolute Gasteiger partial charge is 0.394 e. The molecule has 18 aliphatic rings. The van der Waals surface area contributed by atoms with Gasteiger partial charge in [-0.1, -0.05) is 98.7 Å². The van der Waals surface area contributed by atoms with Gasteiger partial charge in [-0.3, -0.25) is 43.6 Å². The summed E-state index contributed by atoms with van der Waals surface area (Å²) >= 11 is 12.8. The molecule has 0 unspecified atom stereocenters. The van der Waals surface area contributed by atoms with Crippen molar-refractivity contribution in [3.05, 3.63) is 89.5 Å². The Morgan fingerprint density at radius 1 is 0.447 bits per heavy atom. The fourth-order valence-electron chi connectivity index (χ4n) is 26.4. The average Bonchev–Trinajstić information content (AvgIpc) is 1.09. The Hall–Kier alpha value is -6.07. The van der Waals surface area contributed by atoms with E-state index < -0.39 is 72.5 Å². The normalized spacial score (nSPS) is 33.1. The molecule has 3 aromatic rings. The molecule has 0 radical (unpaired) electrons. The van der Waals surface area contributed by atoms with Crippen molar-refractivity contribution in [3.8, 4) is 5.40 Å². The number of nitriles is 1. The van der Waals surface area contributed by atoms with Gasteiger partial charge in [-0.25, -0.2) is 0 Å². The van der Waals surface area contributed by atoms with E-state index in [1.54, 1.807) is 36.0 Å². The number of benzene rings is 3. The number of aliphatic hydroxyl groups excluding tert-OH is 6. The highest BCUT2D eigenvalue weighted by Gasteiger charge is 2.62. The number of piperazine rings is 3. The maximum atomic E-state index is 14.0. The van der Waals surface area contributed by atoms with Gasteiger partial charge in [0.15, 0.2) is 10.2 Å². The van der Waals surface area contributed by atoms with Crippen molar-refractivity contribution < 1.29 is 73.7 Å². The summed E-state index contributed by atoms with van der Waals surface area (Å²) in [6.45, 7) is 52.6. The fourth-order valence-corrected chi connectivity index (χ4v) is 27.4. The maximum absolute atomic E-state index is 14.0. The number of aliphatic hydroxyl groups is 6. The van der Waals surface area contributed by atoms with E-state index in [0.29, 0.717) is 89.1 Å². The van der Waals surface area contributed by atoms with Gasteiger partial charge in [0.1, 0.15) is 41.8 Å². The summed E-state index contributed by atoms with van der Waals surface area (Å²) < 4.78 is 16.1. The van der Waals surface area contributed by atoms with Gasteiger partial charge in [0.2, 0.25) is 17.7 Å². The van der Waals surface area contributed by atoms with Crippen LogP contribution >= 0.6 is 36.2 Å². The quantitative estimate of drug-likeness (QED) is 0.0218. The standard InChI is InChI=1S/2C35H56N6O5S.C28H44N4O4.C7H12N2OS/c2*1-23-28-19-26(35(28,3)4)20-29(23)37-33(44)32-31(24(2)43)30(22-42)46-41(32)21-25-6-5-7-27(18-25)39-10-12-40(13-11-39)34(47)36-8-9-38-14-16-45-17-15-38;1-17-22-13-20(28(22,3)4)14-23(17)30-27(35)26-25(18(2)34)24(16-33)36-32(26)15-19-6-5-7-21(12-19)31-10-8-29-9-11-31;8-7-11-6-3-9-1-4-10-5-2-9/h2*5-7,18,23-24,26,28-32,42-43H,8-17,19-22H2,1-4H3,(H,36,47)(H,37,44);5-7,12,17-18,20,22-26,29,33-34H,8-11,13-16H2,1-4H3,(H,30,35);1-6H2/t2*23-,24-,26+,28-,29-,30-,31+,32-;17-,18-,20+,22-,23-,24-,25+,26-;/m000./s1. The lowest BCUT2D eigenvalue weighted by atomic mass is 9.45. The number of nitrogens with one attached hydrogen (secondary N) is 6. The minimum atomic E-state index is -0.813. The number of thioether (sulfide) groups is 1. The van der Waals surface area contributed by atoms with Crippen molar-refractivity contribution in [2.45, 2.75) is 214 Å². The van der Waals surface area contributed by atoms with Crippen molar-refractivity contribution in [1.82, 2.24) is 71.6 Å². The summed E-state index contributed by atoms with van der Waals surface area (Å²) in [5.74, 6) is 3.93. The molecule has 0 aromatic heterocycles. The number of fused-ring (bicyclic) bond motifs is 6. The minimum Gasteiger partial charge on any atom is -0.394 e. The molecule has 33 nitrogen and oxygen atoms in total. The Labute approximate surface area is 853 Å². The molecule has 0 spiro atoms. The molecular weight excluding hydrogens is 1850 g/mol. The van der Waals surface area contributed by atoms with E-state index in [4.69, 9.17) is 58.4 Å². The highest BCUT2D eigenvalue weighted by molar-refractivity contribution is 8.03. The van der Waals surface area contributed by atoms with Crippen LogP contribution in [0.4, 0.5) is 17.1 Å². The third-order valence-corrected chi connectivity index (χ3v) is 36.9. The van der Waals surface area contributed by atoms with Crippen molar-refractivity contribution in [1.29, 1.82) is 5.26 Å². The predicted molar refractivity (Wildman–Crippen MR) is 556 cm³/mol. The van der Waals surface area contributed by atoms with Crippen molar-refractivity contribution in [2.75, 3.05) is 230 Å². The van der Waals surface area contributed by atoms with Crippen LogP contribution in [-0.2, 0) is 62.7 Å². The first-order valence-corrected chi connectivity index (χ1v) is 54.8. The van der Waals surface area contributed by atoms with E-state index in [2.05, 4.69) is 175 Å². The molecule has 141 heavy (non-hydrogen) atoms. The number of amides is 3. The number of thiocyanates is 1. The zero-order chi connectivity index (χ0) is 100. The zero-order valence-electron chi connectivity index (χ0n) is 85.9. The van der Waals surface area contributed by atoms with E-state index in [1.165, 1.54) is 31.0 Å². The summed E-state index contributed by atoms with van der Waals surface area (Å²) in [7, 11) is 0. The number of ether oxygens (including phenoxy) is 3. The summed E-state index contributed by atoms with van der Waals surface area (Å²) in [4.78, 5) is 79.1. The highest BCUT2D eigenvalue weighted by Crippen LogP contribution is 2.64. The molecule has 18 fully saturated rings.